The molecule has 0 unspecified atom stereocenters. The number of phenolic OH excluding ortho intramolecular Hbond substituents is 1. The smallest absolute Gasteiger partial charge is 0.341 e. The summed E-state index contributed by atoms with van der Waals surface area (Å²) in [5.74, 6) is -0.433. The first-order valence-electron chi connectivity index (χ1n) is 6.55. The van der Waals surface area contributed by atoms with Crippen LogP contribution >= 0.6 is 0 Å². The summed E-state index contributed by atoms with van der Waals surface area (Å²) in [5, 5.41) is 19.1. The molecule has 0 radical (unpaired) electrons. The fraction of sp³-hybridized carbons (Fsp3) is 0.200. The number of H-pyrrole nitrogens is 1. The number of aromatic carboxylic acids is 1. The Morgan fingerprint density at radius 3 is 2.82 bits per heavy atom. The zero-order valence-corrected chi connectivity index (χ0v) is 11.7. The van der Waals surface area contributed by atoms with E-state index in [0.29, 0.717) is 35.8 Å². The Kier molecular flexibility index (Phi) is 3.25. The van der Waals surface area contributed by atoms with Crippen LogP contribution in [-0.2, 0) is 6.42 Å². The standard InChI is InChI=1S/C15H13NO6/c1-21-12-5-11(18)13(7-2-3-22-14(7)12)9-4-10(17)8(6-16-9)15(19)20/h4-6,18H,2-3H2,1H3,(H,16,17)(H,19,20). The Hall–Kier alpha value is -2.96. The van der Waals surface area contributed by atoms with Gasteiger partial charge in [-0.15, -0.1) is 0 Å². The zero-order chi connectivity index (χ0) is 15.9. The third-order valence-corrected chi connectivity index (χ3v) is 3.55. The third-order valence-electron chi connectivity index (χ3n) is 3.55. The minimum Gasteiger partial charge on any atom is -0.507 e. The van der Waals surface area contributed by atoms with E-state index in [1.807, 2.05) is 0 Å². The van der Waals surface area contributed by atoms with Gasteiger partial charge in [-0.05, 0) is 0 Å². The zero-order valence-electron chi connectivity index (χ0n) is 11.7. The van der Waals surface area contributed by atoms with Gasteiger partial charge in [0.2, 0.25) is 0 Å². The highest BCUT2D eigenvalue weighted by Gasteiger charge is 2.26. The van der Waals surface area contributed by atoms with Gasteiger partial charge in [-0.25, -0.2) is 4.79 Å². The van der Waals surface area contributed by atoms with Crippen molar-refractivity contribution in [2.45, 2.75) is 6.42 Å². The molecule has 0 spiro atoms. The van der Waals surface area contributed by atoms with Gasteiger partial charge in [-0.3, -0.25) is 4.79 Å². The van der Waals surface area contributed by atoms with Crippen molar-refractivity contribution in [3.05, 3.63) is 39.7 Å². The first kappa shape index (κ1) is 14.0. The van der Waals surface area contributed by atoms with E-state index in [1.54, 1.807) is 0 Å². The number of hydrogen-bond acceptors (Lipinski definition) is 5. The summed E-state index contributed by atoms with van der Waals surface area (Å²) >= 11 is 0. The number of phenols is 1. The molecule has 0 fully saturated rings. The lowest BCUT2D eigenvalue weighted by atomic mass is 9.99. The molecular formula is C15H13NO6. The van der Waals surface area contributed by atoms with Gasteiger partial charge in [0.05, 0.1) is 19.4 Å². The number of fused-ring (bicyclic) bond motifs is 1. The van der Waals surface area contributed by atoms with Gasteiger partial charge in [0.25, 0.3) is 0 Å². The molecule has 1 aliphatic heterocycles. The molecule has 1 aromatic heterocycles. The van der Waals surface area contributed by atoms with Crippen molar-refractivity contribution in [3.8, 4) is 28.5 Å². The summed E-state index contributed by atoms with van der Waals surface area (Å²) in [6.07, 6.45) is 1.67. The summed E-state index contributed by atoms with van der Waals surface area (Å²) in [7, 11) is 1.47. The number of nitrogens with one attached hydrogen (secondary N) is 1. The molecule has 3 rings (SSSR count). The molecule has 0 saturated heterocycles. The molecule has 7 heteroatoms. The van der Waals surface area contributed by atoms with Crippen molar-refractivity contribution in [1.29, 1.82) is 0 Å². The number of pyridine rings is 1. The fourth-order valence-corrected chi connectivity index (χ4v) is 2.57. The number of ether oxygens (including phenoxy) is 2. The number of carboxylic acid groups (broad SMARTS) is 1. The van der Waals surface area contributed by atoms with Gasteiger partial charge < -0.3 is 24.7 Å². The largest absolute Gasteiger partial charge is 0.507 e. The second-order valence-electron chi connectivity index (χ2n) is 4.81. The average molecular weight is 303 g/mol. The molecular weight excluding hydrogens is 290 g/mol. The molecule has 114 valence electrons. The second-order valence-corrected chi connectivity index (χ2v) is 4.81. The maximum absolute atomic E-state index is 11.9. The molecule has 1 aromatic carbocycles. The highest BCUT2D eigenvalue weighted by molar-refractivity contribution is 5.88. The molecule has 0 bridgehead atoms. The van der Waals surface area contributed by atoms with Crippen molar-refractivity contribution in [2.24, 2.45) is 0 Å². The highest BCUT2D eigenvalue weighted by atomic mass is 16.5. The van der Waals surface area contributed by atoms with Crippen LogP contribution in [0.1, 0.15) is 15.9 Å². The predicted octanol–water partition coefficient (Wildman–Crippen LogP) is 1.39. The maximum atomic E-state index is 11.9. The number of carboxylic acids is 1. The summed E-state index contributed by atoms with van der Waals surface area (Å²) < 4.78 is 10.7. The van der Waals surface area contributed by atoms with Crippen LogP contribution < -0.4 is 14.9 Å². The van der Waals surface area contributed by atoms with Crippen molar-refractivity contribution in [3.63, 3.8) is 0 Å². The Bertz CT molecular complexity index is 824. The van der Waals surface area contributed by atoms with Gasteiger partial charge >= 0.3 is 5.97 Å². The normalized spacial score (nSPS) is 12.6. The van der Waals surface area contributed by atoms with Gasteiger partial charge in [-0.2, -0.15) is 0 Å². The first-order valence-corrected chi connectivity index (χ1v) is 6.55. The number of aromatic amines is 1. The van der Waals surface area contributed by atoms with Crippen molar-refractivity contribution in [1.82, 2.24) is 4.98 Å². The van der Waals surface area contributed by atoms with Gasteiger partial charge in [-0.1, -0.05) is 0 Å². The van der Waals surface area contributed by atoms with Crippen molar-refractivity contribution >= 4 is 5.97 Å². The van der Waals surface area contributed by atoms with E-state index in [4.69, 9.17) is 14.6 Å². The van der Waals surface area contributed by atoms with Crippen LogP contribution in [0, 0.1) is 0 Å². The summed E-state index contributed by atoms with van der Waals surface area (Å²) in [6, 6.07) is 2.56. The third kappa shape index (κ3) is 2.07. The first-order chi connectivity index (χ1) is 10.5. The molecule has 0 atom stereocenters. The topological polar surface area (TPSA) is 109 Å². The predicted molar refractivity (Wildman–Crippen MR) is 76.9 cm³/mol. The van der Waals surface area contributed by atoms with Crippen LogP contribution in [0.25, 0.3) is 11.3 Å². The lowest BCUT2D eigenvalue weighted by Crippen LogP contribution is -2.14. The molecule has 0 aliphatic carbocycles. The lowest BCUT2D eigenvalue weighted by Gasteiger charge is -2.13. The molecule has 1 aliphatic rings. The monoisotopic (exact) mass is 303 g/mol. The number of carbonyl (C=O) groups is 1. The Morgan fingerprint density at radius 1 is 1.41 bits per heavy atom. The second kappa shape index (κ2) is 5.10. The van der Waals surface area contributed by atoms with Crippen molar-refractivity contribution < 1.29 is 24.5 Å². The van der Waals surface area contributed by atoms with Crippen molar-refractivity contribution in [2.75, 3.05) is 13.7 Å². The van der Waals surface area contributed by atoms with Crippen LogP contribution in [0.3, 0.4) is 0 Å². The van der Waals surface area contributed by atoms with Crippen LogP contribution in [-0.4, -0.2) is 34.9 Å². The quantitative estimate of drug-likeness (QED) is 0.790. The Balaban J connectivity index is 2.22. The molecule has 2 heterocycles. The van der Waals surface area contributed by atoms with E-state index in [1.165, 1.54) is 13.2 Å². The molecule has 0 saturated carbocycles. The van der Waals surface area contributed by atoms with Crippen LogP contribution in [0.5, 0.6) is 17.2 Å². The summed E-state index contributed by atoms with van der Waals surface area (Å²) in [5.41, 5.74) is 0.476. The SMILES string of the molecule is COc1cc(O)c(-c2cc(=O)c(C(=O)O)c[nH]2)c2c1OCC2. The summed E-state index contributed by atoms with van der Waals surface area (Å²) in [4.78, 5) is 25.5. The van der Waals surface area contributed by atoms with Crippen LogP contribution in [0.2, 0.25) is 0 Å². The average Bonchev–Trinajstić information content (AvgIpc) is 2.94. The Morgan fingerprint density at radius 2 is 2.18 bits per heavy atom. The lowest BCUT2D eigenvalue weighted by molar-refractivity contribution is 0.0695. The summed E-state index contributed by atoms with van der Waals surface area (Å²) in [6.45, 7) is 0.444. The van der Waals surface area contributed by atoms with Gasteiger partial charge in [0, 0.05) is 35.9 Å². The molecule has 7 nitrogen and oxygen atoms in total. The fourth-order valence-electron chi connectivity index (χ4n) is 2.57. The van der Waals surface area contributed by atoms with E-state index < -0.39 is 11.4 Å². The Labute approximate surface area is 124 Å². The van der Waals surface area contributed by atoms with E-state index >= 15 is 0 Å². The molecule has 0 amide bonds. The highest BCUT2D eigenvalue weighted by Crippen LogP contribution is 2.46. The maximum Gasteiger partial charge on any atom is 0.341 e. The van der Waals surface area contributed by atoms with E-state index in [9.17, 15) is 14.7 Å². The van der Waals surface area contributed by atoms with E-state index in [2.05, 4.69) is 4.98 Å². The van der Waals surface area contributed by atoms with Crippen LogP contribution in [0.4, 0.5) is 0 Å². The number of hydrogen-bond donors (Lipinski definition) is 3. The molecule has 22 heavy (non-hydrogen) atoms. The number of rotatable bonds is 3. The molecule has 2 aromatic rings. The minimum absolute atomic E-state index is 0.0696. The van der Waals surface area contributed by atoms with Gasteiger partial charge in [0.1, 0.15) is 11.3 Å². The van der Waals surface area contributed by atoms with E-state index in [0.717, 1.165) is 17.8 Å². The number of benzene rings is 1. The number of aromatic hydroxyl groups is 1. The van der Waals surface area contributed by atoms with E-state index in [-0.39, 0.29) is 11.3 Å². The number of methoxy groups -OCH3 is 1. The number of aromatic nitrogens is 1. The van der Waals surface area contributed by atoms with Gasteiger partial charge in [0.15, 0.2) is 16.9 Å². The molecule has 3 N–H and O–H groups in total. The minimum atomic E-state index is -1.31. The van der Waals surface area contributed by atoms with Crippen LogP contribution in [0.15, 0.2) is 23.1 Å².